The molecule has 9 rings (SSSR count). The highest BCUT2D eigenvalue weighted by Gasteiger charge is 2.38. The van der Waals surface area contributed by atoms with Gasteiger partial charge < -0.3 is 8.98 Å². The molecule has 0 bridgehead atoms. The molecule has 6 aromatic carbocycles. The predicted molar refractivity (Wildman–Crippen MR) is 180 cm³/mol. The molecule has 1 aliphatic carbocycles. The SMILES string of the molecule is CC1(C)c2ccccc2-c2ccc3c4ccccc4n(-c4cccc5oc6ccc(-c7cc(C#N)cc(C#N)c7)cc6c45)c3c21. The molecule has 0 radical (unpaired) electrons. The van der Waals surface area contributed by atoms with Gasteiger partial charge in [0.1, 0.15) is 11.2 Å². The van der Waals surface area contributed by atoms with Crippen molar-refractivity contribution in [1.82, 2.24) is 4.57 Å². The second-order valence-corrected chi connectivity index (χ2v) is 12.4. The Balaban J connectivity index is 1.40. The molecule has 0 amide bonds. The minimum absolute atomic E-state index is 0.193. The van der Waals surface area contributed by atoms with Crippen molar-refractivity contribution in [2.24, 2.45) is 0 Å². The van der Waals surface area contributed by atoms with Crippen LogP contribution in [0.25, 0.3) is 71.7 Å². The van der Waals surface area contributed by atoms with Crippen LogP contribution in [-0.4, -0.2) is 4.57 Å². The number of rotatable bonds is 2. The molecule has 0 atom stereocenters. The van der Waals surface area contributed by atoms with E-state index < -0.39 is 0 Å². The Morgan fingerprint density at radius 1 is 0.622 bits per heavy atom. The van der Waals surface area contributed by atoms with E-state index >= 15 is 0 Å². The summed E-state index contributed by atoms with van der Waals surface area (Å²) in [4.78, 5) is 0. The highest BCUT2D eigenvalue weighted by atomic mass is 16.3. The Kier molecular flexibility index (Phi) is 5.06. The summed E-state index contributed by atoms with van der Waals surface area (Å²) < 4.78 is 8.90. The van der Waals surface area contributed by atoms with Crippen molar-refractivity contribution >= 4 is 43.7 Å². The topological polar surface area (TPSA) is 65.7 Å². The van der Waals surface area contributed by atoms with E-state index in [4.69, 9.17) is 4.42 Å². The molecular formula is C41H25N3O. The summed E-state index contributed by atoms with van der Waals surface area (Å²) >= 11 is 0. The molecule has 210 valence electrons. The lowest BCUT2D eigenvalue weighted by Crippen LogP contribution is -2.16. The number of benzene rings is 6. The molecular weight excluding hydrogens is 550 g/mol. The van der Waals surface area contributed by atoms with Crippen molar-refractivity contribution in [2.75, 3.05) is 0 Å². The first-order valence-electron chi connectivity index (χ1n) is 15.1. The summed E-state index contributed by atoms with van der Waals surface area (Å²) in [5.74, 6) is 0. The van der Waals surface area contributed by atoms with Gasteiger partial charge in [0.05, 0.1) is 45.4 Å². The molecule has 8 aromatic rings. The van der Waals surface area contributed by atoms with Gasteiger partial charge in [0.2, 0.25) is 0 Å². The summed E-state index contributed by atoms with van der Waals surface area (Å²) in [6, 6.07) is 44.1. The fourth-order valence-electron chi connectivity index (χ4n) is 7.66. The number of furan rings is 1. The van der Waals surface area contributed by atoms with Crippen molar-refractivity contribution in [1.29, 1.82) is 10.5 Å². The van der Waals surface area contributed by atoms with Crippen LogP contribution in [0.4, 0.5) is 0 Å². The van der Waals surface area contributed by atoms with E-state index in [-0.39, 0.29) is 5.41 Å². The molecule has 0 unspecified atom stereocenters. The molecule has 4 nitrogen and oxygen atoms in total. The summed E-state index contributed by atoms with van der Waals surface area (Å²) in [5, 5.41) is 23.7. The zero-order valence-electron chi connectivity index (χ0n) is 24.7. The van der Waals surface area contributed by atoms with Crippen LogP contribution >= 0.6 is 0 Å². The monoisotopic (exact) mass is 575 g/mol. The van der Waals surface area contributed by atoms with E-state index in [9.17, 15) is 10.5 Å². The number of nitriles is 2. The molecule has 1 aliphatic rings. The van der Waals surface area contributed by atoms with Crippen LogP contribution in [0, 0.1) is 22.7 Å². The lowest BCUT2D eigenvalue weighted by Gasteiger charge is -2.23. The van der Waals surface area contributed by atoms with Gasteiger partial charge in [-0.2, -0.15) is 10.5 Å². The third-order valence-electron chi connectivity index (χ3n) is 9.59. The predicted octanol–water partition coefficient (Wildman–Crippen LogP) is 10.4. The van der Waals surface area contributed by atoms with Crippen LogP contribution in [0.5, 0.6) is 0 Å². The Labute approximate surface area is 259 Å². The fourth-order valence-corrected chi connectivity index (χ4v) is 7.66. The van der Waals surface area contributed by atoms with Crippen molar-refractivity contribution in [3.05, 3.63) is 138 Å². The van der Waals surface area contributed by atoms with Gasteiger partial charge >= 0.3 is 0 Å². The van der Waals surface area contributed by atoms with Gasteiger partial charge in [0.15, 0.2) is 0 Å². The molecule has 0 saturated heterocycles. The van der Waals surface area contributed by atoms with E-state index in [2.05, 4.69) is 109 Å². The second kappa shape index (κ2) is 8.96. The Hall–Kier alpha value is -6.10. The van der Waals surface area contributed by atoms with E-state index in [1.165, 1.54) is 38.5 Å². The van der Waals surface area contributed by atoms with Gasteiger partial charge in [-0.1, -0.05) is 80.6 Å². The maximum Gasteiger partial charge on any atom is 0.137 e. The fraction of sp³-hybridized carbons (Fsp3) is 0.0732. The molecule has 2 heterocycles. The minimum Gasteiger partial charge on any atom is -0.456 e. The largest absolute Gasteiger partial charge is 0.456 e. The molecule has 0 spiro atoms. The molecule has 45 heavy (non-hydrogen) atoms. The number of hydrogen-bond acceptors (Lipinski definition) is 3. The molecule has 0 fully saturated rings. The first-order valence-corrected chi connectivity index (χ1v) is 15.1. The zero-order valence-corrected chi connectivity index (χ0v) is 24.7. The van der Waals surface area contributed by atoms with Crippen LogP contribution in [-0.2, 0) is 5.41 Å². The lowest BCUT2D eigenvalue weighted by atomic mass is 9.81. The number of para-hydroxylation sites is 1. The van der Waals surface area contributed by atoms with E-state index in [1.54, 1.807) is 6.07 Å². The van der Waals surface area contributed by atoms with Crippen molar-refractivity contribution in [3.63, 3.8) is 0 Å². The van der Waals surface area contributed by atoms with Gasteiger partial charge in [-0.3, -0.25) is 0 Å². The van der Waals surface area contributed by atoms with Crippen molar-refractivity contribution < 1.29 is 4.42 Å². The quantitative estimate of drug-likeness (QED) is 0.206. The second-order valence-electron chi connectivity index (χ2n) is 12.4. The maximum atomic E-state index is 9.61. The molecule has 0 N–H and O–H groups in total. The van der Waals surface area contributed by atoms with Crippen LogP contribution in [0.1, 0.15) is 36.1 Å². The molecule has 0 saturated carbocycles. The third kappa shape index (κ3) is 3.40. The van der Waals surface area contributed by atoms with Gasteiger partial charge in [-0.05, 0) is 81.9 Å². The van der Waals surface area contributed by atoms with Gasteiger partial charge in [-0.15, -0.1) is 0 Å². The van der Waals surface area contributed by atoms with Gasteiger partial charge in [0.25, 0.3) is 0 Å². The first-order chi connectivity index (χ1) is 22.0. The number of fused-ring (bicyclic) bond motifs is 10. The van der Waals surface area contributed by atoms with E-state index in [0.717, 1.165) is 44.3 Å². The smallest absolute Gasteiger partial charge is 0.137 e. The van der Waals surface area contributed by atoms with Gasteiger partial charge in [0, 0.05) is 21.6 Å². The Bertz CT molecular complexity index is 2620. The summed E-state index contributed by atoms with van der Waals surface area (Å²) in [6.45, 7) is 4.67. The highest BCUT2D eigenvalue weighted by molar-refractivity contribution is 6.16. The minimum atomic E-state index is -0.193. The van der Waals surface area contributed by atoms with Crippen LogP contribution in [0.3, 0.4) is 0 Å². The summed E-state index contributed by atoms with van der Waals surface area (Å²) in [5.41, 5.74) is 12.8. The van der Waals surface area contributed by atoms with Crippen molar-refractivity contribution in [2.45, 2.75) is 19.3 Å². The summed E-state index contributed by atoms with van der Waals surface area (Å²) in [7, 11) is 0. The van der Waals surface area contributed by atoms with Gasteiger partial charge in [-0.25, -0.2) is 0 Å². The average Bonchev–Trinajstić information content (AvgIpc) is 3.70. The summed E-state index contributed by atoms with van der Waals surface area (Å²) in [6.07, 6.45) is 0. The van der Waals surface area contributed by atoms with Crippen LogP contribution < -0.4 is 0 Å². The first kappa shape index (κ1) is 25.4. The Morgan fingerprint density at radius 2 is 1.40 bits per heavy atom. The molecule has 0 aliphatic heterocycles. The average molecular weight is 576 g/mol. The van der Waals surface area contributed by atoms with E-state index in [0.29, 0.717) is 11.1 Å². The number of hydrogen-bond donors (Lipinski definition) is 0. The third-order valence-corrected chi connectivity index (χ3v) is 9.59. The molecule has 4 heteroatoms. The number of nitrogens with zero attached hydrogens (tertiary/aromatic N) is 3. The van der Waals surface area contributed by atoms with Crippen LogP contribution in [0.2, 0.25) is 0 Å². The maximum absolute atomic E-state index is 9.61. The molecule has 2 aromatic heterocycles. The van der Waals surface area contributed by atoms with Crippen LogP contribution in [0.15, 0.2) is 120 Å². The van der Waals surface area contributed by atoms with Crippen molar-refractivity contribution in [3.8, 4) is 40.1 Å². The zero-order chi connectivity index (χ0) is 30.4. The highest BCUT2D eigenvalue weighted by Crippen LogP contribution is 2.53. The Morgan fingerprint density at radius 3 is 2.22 bits per heavy atom. The standard InChI is InChI=1S/C41H25N3O/c1-41(2)33-10-5-3-8-28(33)30-15-16-31-29-9-4-6-11-34(29)44(40(31)39(30)41)35-12-7-13-37-38(35)32-21-26(14-17-36(32)45-37)27-19-24(22-42)18-25(20-27)23-43/h3-21H,1-2H3. The van der Waals surface area contributed by atoms with E-state index in [1.807, 2.05) is 30.3 Å². The normalized spacial score (nSPS) is 13.2. The number of aromatic nitrogens is 1. The lowest BCUT2D eigenvalue weighted by molar-refractivity contribution is 0.664.